The van der Waals surface area contributed by atoms with Crippen LogP contribution in [0.4, 0.5) is 10.1 Å². The van der Waals surface area contributed by atoms with Crippen molar-refractivity contribution >= 4 is 17.6 Å². The third-order valence-corrected chi connectivity index (χ3v) is 3.40. The van der Waals surface area contributed by atoms with E-state index in [9.17, 15) is 14.0 Å². The summed E-state index contributed by atoms with van der Waals surface area (Å²) in [4.78, 5) is 24.6. The summed E-state index contributed by atoms with van der Waals surface area (Å²) in [6.45, 7) is 0.110. The molecule has 0 unspecified atom stereocenters. The number of hydrogen-bond acceptors (Lipinski definition) is 3. The average molecular weight is 301 g/mol. The number of anilines is 1. The van der Waals surface area contributed by atoms with E-state index in [-0.39, 0.29) is 30.4 Å². The summed E-state index contributed by atoms with van der Waals surface area (Å²) < 4.78 is 18.3. The number of carbonyl (C=O) groups is 2. The van der Waals surface area contributed by atoms with Crippen LogP contribution in [-0.4, -0.2) is 23.6 Å². The van der Waals surface area contributed by atoms with Crippen LogP contribution in [0.3, 0.4) is 0 Å². The van der Waals surface area contributed by atoms with Crippen LogP contribution in [0.25, 0.3) is 0 Å². The monoisotopic (exact) mass is 301 g/mol. The van der Waals surface area contributed by atoms with Crippen molar-refractivity contribution in [3.05, 3.63) is 59.4 Å². The molecule has 5 nitrogen and oxygen atoms in total. The molecule has 1 heterocycles. The van der Waals surface area contributed by atoms with Crippen LogP contribution in [-0.2, 0) is 11.3 Å². The Morgan fingerprint density at radius 1 is 1.23 bits per heavy atom. The van der Waals surface area contributed by atoms with Gasteiger partial charge >= 0.3 is 5.97 Å². The Bertz CT molecular complexity index is 742. The highest BCUT2D eigenvalue weighted by Gasteiger charge is 2.26. The zero-order valence-electron chi connectivity index (χ0n) is 11.5. The molecule has 6 heteroatoms. The largest absolute Gasteiger partial charge is 0.482 e. The molecule has 0 saturated carbocycles. The van der Waals surface area contributed by atoms with Gasteiger partial charge in [-0.1, -0.05) is 12.1 Å². The van der Waals surface area contributed by atoms with E-state index in [4.69, 9.17) is 9.84 Å². The first-order chi connectivity index (χ1) is 10.5. The Morgan fingerprint density at radius 2 is 1.95 bits per heavy atom. The number of hydrogen-bond donors (Lipinski definition) is 1. The van der Waals surface area contributed by atoms with Crippen molar-refractivity contribution in [2.24, 2.45) is 0 Å². The number of aromatic carboxylic acids is 1. The van der Waals surface area contributed by atoms with E-state index in [1.165, 1.54) is 35.2 Å². The third-order valence-electron chi connectivity index (χ3n) is 3.40. The van der Waals surface area contributed by atoms with E-state index in [2.05, 4.69) is 0 Å². The van der Waals surface area contributed by atoms with Crippen molar-refractivity contribution in [2.45, 2.75) is 6.54 Å². The first-order valence-electron chi connectivity index (χ1n) is 6.59. The highest BCUT2D eigenvalue weighted by molar-refractivity contribution is 5.99. The molecule has 0 spiro atoms. The number of halogens is 1. The maximum absolute atomic E-state index is 13.0. The van der Waals surface area contributed by atoms with Gasteiger partial charge in [-0.15, -0.1) is 0 Å². The molecular weight excluding hydrogens is 289 g/mol. The molecule has 1 amide bonds. The van der Waals surface area contributed by atoms with Crippen molar-refractivity contribution in [1.29, 1.82) is 0 Å². The van der Waals surface area contributed by atoms with Gasteiger partial charge in [0.1, 0.15) is 11.6 Å². The minimum atomic E-state index is -1.08. The van der Waals surface area contributed by atoms with E-state index < -0.39 is 5.97 Å². The minimum absolute atomic E-state index is 0.0705. The van der Waals surface area contributed by atoms with E-state index in [1.807, 2.05) is 0 Å². The Morgan fingerprint density at radius 3 is 2.64 bits per heavy atom. The van der Waals surface area contributed by atoms with E-state index in [0.717, 1.165) is 5.56 Å². The van der Waals surface area contributed by atoms with Crippen LogP contribution >= 0.6 is 0 Å². The van der Waals surface area contributed by atoms with Crippen LogP contribution < -0.4 is 9.64 Å². The highest BCUT2D eigenvalue weighted by Crippen LogP contribution is 2.34. The Labute approximate surface area is 125 Å². The summed E-state index contributed by atoms with van der Waals surface area (Å²) in [5.74, 6) is -1.26. The van der Waals surface area contributed by atoms with Gasteiger partial charge in [-0.3, -0.25) is 4.79 Å². The van der Waals surface area contributed by atoms with E-state index in [0.29, 0.717) is 11.4 Å². The first-order valence-corrected chi connectivity index (χ1v) is 6.59. The van der Waals surface area contributed by atoms with Crippen molar-refractivity contribution in [3.8, 4) is 5.75 Å². The third kappa shape index (κ3) is 2.63. The molecule has 1 N–H and O–H groups in total. The second kappa shape index (κ2) is 5.48. The van der Waals surface area contributed by atoms with Crippen molar-refractivity contribution in [2.75, 3.05) is 11.5 Å². The Kier molecular flexibility index (Phi) is 3.50. The summed E-state index contributed by atoms with van der Waals surface area (Å²) in [6.07, 6.45) is 0. The number of amides is 1. The number of rotatable bonds is 3. The molecule has 0 fully saturated rings. The minimum Gasteiger partial charge on any atom is -0.482 e. The molecule has 0 atom stereocenters. The quantitative estimate of drug-likeness (QED) is 0.945. The summed E-state index contributed by atoms with van der Waals surface area (Å²) in [5.41, 5.74) is 1.21. The SMILES string of the molecule is O=C(O)c1ccc2c(c1)N(Cc1ccc(F)cc1)C(=O)CO2. The van der Waals surface area contributed by atoms with Crippen molar-refractivity contribution in [3.63, 3.8) is 0 Å². The van der Waals surface area contributed by atoms with Gasteiger partial charge in [0.05, 0.1) is 17.8 Å². The number of ether oxygens (including phenoxy) is 1. The lowest BCUT2D eigenvalue weighted by molar-refractivity contribution is -0.121. The second-order valence-electron chi connectivity index (χ2n) is 4.88. The van der Waals surface area contributed by atoms with Gasteiger partial charge in [-0.25, -0.2) is 9.18 Å². The highest BCUT2D eigenvalue weighted by atomic mass is 19.1. The molecule has 2 aromatic rings. The molecule has 0 aromatic heterocycles. The smallest absolute Gasteiger partial charge is 0.335 e. The van der Waals surface area contributed by atoms with Crippen molar-refractivity contribution in [1.82, 2.24) is 0 Å². The maximum Gasteiger partial charge on any atom is 0.335 e. The number of carboxylic acids is 1. The van der Waals surface area contributed by atoms with Gasteiger partial charge in [0.15, 0.2) is 6.61 Å². The molecule has 0 saturated heterocycles. The number of benzene rings is 2. The van der Waals surface area contributed by atoms with Crippen LogP contribution in [0.5, 0.6) is 5.75 Å². The average Bonchev–Trinajstić information content (AvgIpc) is 2.51. The molecule has 0 aliphatic carbocycles. The molecule has 0 radical (unpaired) electrons. The predicted molar refractivity (Wildman–Crippen MR) is 76.5 cm³/mol. The summed E-state index contributed by atoms with van der Waals surface area (Å²) in [5, 5.41) is 9.07. The van der Waals surface area contributed by atoms with E-state index >= 15 is 0 Å². The van der Waals surface area contributed by atoms with Gasteiger partial charge in [0.25, 0.3) is 5.91 Å². The molecule has 0 bridgehead atoms. The van der Waals surface area contributed by atoms with Crippen molar-refractivity contribution < 1.29 is 23.8 Å². The first kappa shape index (κ1) is 14.1. The van der Waals surface area contributed by atoms with Crippen LogP contribution in [0.15, 0.2) is 42.5 Å². The zero-order chi connectivity index (χ0) is 15.7. The lowest BCUT2D eigenvalue weighted by Gasteiger charge is -2.29. The Balaban J connectivity index is 1.97. The number of carboxylic acid groups (broad SMARTS) is 1. The summed E-state index contributed by atoms with van der Waals surface area (Å²) in [6, 6.07) is 10.1. The van der Waals surface area contributed by atoms with E-state index in [1.54, 1.807) is 12.1 Å². The summed E-state index contributed by atoms with van der Waals surface area (Å²) >= 11 is 0. The number of fused-ring (bicyclic) bond motifs is 1. The standard InChI is InChI=1S/C16H12FNO4/c17-12-4-1-10(2-5-12)8-18-13-7-11(16(20)21)3-6-14(13)22-9-15(18)19/h1-7H,8-9H2,(H,20,21). The fourth-order valence-electron chi connectivity index (χ4n) is 2.28. The van der Waals surface area contributed by atoms with Gasteiger partial charge in [0.2, 0.25) is 0 Å². The molecule has 22 heavy (non-hydrogen) atoms. The summed E-state index contributed by atoms with van der Waals surface area (Å²) in [7, 11) is 0. The van der Waals surface area contributed by atoms with Crippen LogP contribution in [0.1, 0.15) is 15.9 Å². The topological polar surface area (TPSA) is 66.8 Å². The molecule has 2 aromatic carbocycles. The fraction of sp³-hybridized carbons (Fsp3) is 0.125. The number of nitrogens with zero attached hydrogens (tertiary/aromatic N) is 1. The normalized spacial score (nSPS) is 13.5. The lowest BCUT2D eigenvalue weighted by Crippen LogP contribution is -2.38. The van der Waals surface area contributed by atoms with Gasteiger partial charge in [0, 0.05) is 0 Å². The molecule has 112 valence electrons. The molecular formula is C16H12FNO4. The predicted octanol–water partition coefficient (Wildman–Crippen LogP) is 2.45. The van der Waals surface area contributed by atoms with Crippen LogP contribution in [0, 0.1) is 5.82 Å². The van der Waals surface area contributed by atoms with Gasteiger partial charge in [-0.2, -0.15) is 0 Å². The molecule has 1 aliphatic rings. The Hall–Kier alpha value is -2.89. The zero-order valence-corrected chi connectivity index (χ0v) is 11.5. The molecule has 1 aliphatic heterocycles. The second-order valence-corrected chi connectivity index (χ2v) is 4.88. The fourth-order valence-corrected chi connectivity index (χ4v) is 2.28. The van der Waals surface area contributed by atoms with Gasteiger partial charge in [-0.05, 0) is 35.9 Å². The lowest BCUT2D eigenvalue weighted by atomic mass is 10.1. The number of carbonyl (C=O) groups excluding carboxylic acids is 1. The van der Waals surface area contributed by atoms with Gasteiger partial charge < -0.3 is 14.7 Å². The maximum atomic E-state index is 13.0. The van der Waals surface area contributed by atoms with Crippen LogP contribution in [0.2, 0.25) is 0 Å². The molecule has 3 rings (SSSR count).